The summed E-state index contributed by atoms with van der Waals surface area (Å²) in [7, 11) is 3.36. The molecule has 5 atom stereocenters. The van der Waals surface area contributed by atoms with Gasteiger partial charge >= 0.3 is 5.97 Å². The van der Waals surface area contributed by atoms with Gasteiger partial charge in [0, 0.05) is 18.0 Å². The number of fused-ring (bicyclic) bond motifs is 2. The van der Waals surface area contributed by atoms with Crippen LogP contribution in [0.4, 0.5) is 0 Å². The van der Waals surface area contributed by atoms with Crippen LogP contribution in [-0.2, 0) is 9.53 Å². The first kappa shape index (κ1) is 16.1. The Morgan fingerprint density at radius 2 is 2.05 bits per heavy atom. The van der Waals surface area contributed by atoms with E-state index < -0.39 is 12.0 Å². The third-order valence-corrected chi connectivity index (χ3v) is 5.87. The van der Waals surface area contributed by atoms with E-state index in [1.54, 1.807) is 6.07 Å². The quantitative estimate of drug-likeness (QED) is 0.838. The van der Waals surface area contributed by atoms with E-state index in [1.165, 1.54) is 7.11 Å². The molecule has 2 fully saturated rings. The van der Waals surface area contributed by atoms with Crippen molar-refractivity contribution in [2.45, 2.75) is 36.9 Å². The first-order valence-corrected chi connectivity index (χ1v) is 8.12. The predicted octanol–water partition coefficient (Wildman–Crippen LogP) is 2.70. The number of esters is 1. The van der Waals surface area contributed by atoms with Gasteiger partial charge in [-0.05, 0) is 37.6 Å². The summed E-state index contributed by atoms with van der Waals surface area (Å²) in [4.78, 5) is 14.5. The van der Waals surface area contributed by atoms with E-state index in [-0.39, 0.29) is 24.0 Å². The van der Waals surface area contributed by atoms with Gasteiger partial charge in [0.15, 0.2) is 0 Å². The number of benzene rings is 1. The summed E-state index contributed by atoms with van der Waals surface area (Å²) in [5, 5.41) is 11.3. The van der Waals surface area contributed by atoms with E-state index in [4.69, 9.17) is 27.9 Å². The molecule has 0 aromatic heterocycles. The highest BCUT2D eigenvalue weighted by atomic mass is 35.5. The van der Waals surface area contributed by atoms with Gasteiger partial charge in [-0.15, -0.1) is 0 Å². The van der Waals surface area contributed by atoms with Crippen LogP contribution in [0.1, 0.15) is 24.3 Å². The van der Waals surface area contributed by atoms with Gasteiger partial charge in [0.1, 0.15) is 0 Å². The third-order valence-electron chi connectivity index (χ3n) is 5.13. The van der Waals surface area contributed by atoms with Gasteiger partial charge < -0.3 is 9.84 Å². The molecule has 0 amide bonds. The van der Waals surface area contributed by atoms with Crippen LogP contribution < -0.4 is 0 Å². The van der Waals surface area contributed by atoms with Crippen LogP contribution in [0.2, 0.25) is 10.0 Å². The number of nitrogens with zero attached hydrogens (tertiary/aromatic N) is 1. The van der Waals surface area contributed by atoms with E-state index in [1.807, 2.05) is 19.2 Å². The van der Waals surface area contributed by atoms with Crippen LogP contribution in [0.5, 0.6) is 0 Å². The van der Waals surface area contributed by atoms with Crippen molar-refractivity contribution in [1.29, 1.82) is 0 Å². The Morgan fingerprint density at radius 1 is 1.32 bits per heavy atom. The lowest BCUT2D eigenvalue weighted by Gasteiger charge is -2.42. The summed E-state index contributed by atoms with van der Waals surface area (Å²) in [5.41, 5.74) is 0.974. The maximum atomic E-state index is 12.4. The first-order chi connectivity index (χ1) is 10.4. The van der Waals surface area contributed by atoms with Gasteiger partial charge in [-0.25, -0.2) is 0 Å². The molecule has 1 aromatic carbocycles. The van der Waals surface area contributed by atoms with Crippen LogP contribution in [0, 0.1) is 5.92 Å². The molecular weight excluding hydrogens is 325 g/mol. The summed E-state index contributed by atoms with van der Waals surface area (Å²) >= 11 is 12.1. The number of carbonyl (C=O) groups excluding carboxylic acids is 1. The van der Waals surface area contributed by atoms with Crippen LogP contribution in [-0.4, -0.2) is 48.3 Å². The van der Waals surface area contributed by atoms with Crippen molar-refractivity contribution in [1.82, 2.24) is 4.90 Å². The molecule has 0 spiro atoms. The third kappa shape index (κ3) is 2.52. The second-order valence-electron chi connectivity index (χ2n) is 6.18. The minimum absolute atomic E-state index is 0.0226. The number of ether oxygens (including phenoxy) is 1. The Morgan fingerprint density at radius 3 is 2.68 bits per heavy atom. The fourth-order valence-corrected chi connectivity index (χ4v) is 4.36. The molecule has 120 valence electrons. The maximum Gasteiger partial charge on any atom is 0.310 e. The molecule has 1 aromatic rings. The highest BCUT2D eigenvalue weighted by Gasteiger charge is 2.53. The Kier molecular flexibility index (Phi) is 4.38. The van der Waals surface area contributed by atoms with Crippen molar-refractivity contribution in [2.75, 3.05) is 14.2 Å². The molecular formula is C16H19Cl2NO3. The summed E-state index contributed by atoms with van der Waals surface area (Å²) in [5.74, 6) is -0.709. The number of hydrogen-bond donors (Lipinski definition) is 1. The highest BCUT2D eigenvalue weighted by molar-refractivity contribution is 6.42. The maximum absolute atomic E-state index is 12.4. The minimum atomic E-state index is -0.508. The molecule has 2 saturated heterocycles. The molecule has 0 aliphatic carbocycles. The predicted molar refractivity (Wildman–Crippen MR) is 85.3 cm³/mol. The minimum Gasteiger partial charge on any atom is -0.469 e. The molecule has 0 saturated carbocycles. The monoisotopic (exact) mass is 343 g/mol. The van der Waals surface area contributed by atoms with E-state index in [2.05, 4.69) is 4.90 Å². The number of likely N-dealkylation sites (N-methyl/N-ethyl adjacent to an activating group) is 1. The van der Waals surface area contributed by atoms with Crippen LogP contribution in [0.3, 0.4) is 0 Å². The molecule has 4 unspecified atom stereocenters. The lowest BCUT2D eigenvalue weighted by Crippen LogP contribution is -2.51. The van der Waals surface area contributed by atoms with Gasteiger partial charge in [0.2, 0.25) is 0 Å². The van der Waals surface area contributed by atoms with Gasteiger partial charge in [-0.3, -0.25) is 9.69 Å². The Bertz CT molecular complexity index is 595. The number of carbonyl (C=O) groups is 1. The second-order valence-corrected chi connectivity index (χ2v) is 6.99. The molecule has 2 bridgehead atoms. The van der Waals surface area contributed by atoms with Crippen molar-refractivity contribution in [3.8, 4) is 0 Å². The number of hydrogen-bond acceptors (Lipinski definition) is 4. The van der Waals surface area contributed by atoms with E-state index >= 15 is 0 Å². The Labute approximate surface area is 140 Å². The zero-order chi connectivity index (χ0) is 16.0. The van der Waals surface area contributed by atoms with Crippen molar-refractivity contribution in [3.63, 3.8) is 0 Å². The molecule has 4 nitrogen and oxygen atoms in total. The normalized spacial score (nSPS) is 34.7. The summed E-state index contributed by atoms with van der Waals surface area (Å²) in [6.45, 7) is 0. The van der Waals surface area contributed by atoms with E-state index in [0.29, 0.717) is 16.5 Å². The Hall–Kier alpha value is -0.810. The lowest BCUT2D eigenvalue weighted by molar-refractivity contribution is -0.151. The van der Waals surface area contributed by atoms with Gasteiger partial charge in [-0.1, -0.05) is 29.3 Å². The highest BCUT2D eigenvalue weighted by Crippen LogP contribution is 2.47. The van der Waals surface area contributed by atoms with Gasteiger partial charge in [0.05, 0.1) is 29.2 Å². The first-order valence-electron chi connectivity index (χ1n) is 7.36. The van der Waals surface area contributed by atoms with Crippen molar-refractivity contribution in [2.24, 2.45) is 5.92 Å². The van der Waals surface area contributed by atoms with Crippen molar-refractivity contribution < 1.29 is 14.6 Å². The van der Waals surface area contributed by atoms with E-state index in [0.717, 1.165) is 12.0 Å². The van der Waals surface area contributed by atoms with Gasteiger partial charge in [-0.2, -0.15) is 0 Å². The summed E-state index contributed by atoms with van der Waals surface area (Å²) in [6.07, 6.45) is 0.973. The van der Waals surface area contributed by atoms with Crippen molar-refractivity contribution >= 4 is 29.2 Å². The second kappa shape index (κ2) is 6.00. The Balaban J connectivity index is 2.01. The number of halogens is 2. The molecule has 2 aliphatic rings. The zero-order valence-electron chi connectivity index (χ0n) is 12.5. The number of rotatable bonds is 2. The van der Waals surface area contributed by atoms with Crippen LogP contribution >= 0.6 is 23.2 Å². The number of aliphatic hydroxyl groups excluding tert-OH is 1. The number of methoxy groups -OCH3 is 1. The fraction of sp³-hybridized carbons (Fsp3) is 0.562. The SMILES string of the molecule is COC(=O)C1C(c2ccc(Cl)c(Cl)c2)CC2CC(O)[C@H]1N2C. The fourth-order valence-electron chi connectivity index (χ4n) is 4.06. The molecule has 2 heterocycles. The largest absolute Gasteiger partial charge is 0.469 e. The van der Waals surface area contributed by atoms with Gasteiger partial charge in [0.25, 0.3) is 0 Å². The van der Waals surface area contributed by atoms with Crippen LogP contribution in [0.25, 0.3) is 0 Å². The summed E-state index contributed by atoms with van der Waals surface area (Å²) in [6, 6.07) is 5.53. The number of aliphatic hydroxyl groups is 1. The average molecular weight is 344 g/mol. The topological polar surface area (TPSA) is 49.8 Å². The molecule has 3 rings (SSSR count). The number of piperidine rings is 1. The van der Waals surface area contributed by atoms with Crippen LogP contribution in [0.15, 0.2) is 18.2 Å². The standard InChI is InChI=1S/C16H19Cl2NO3/c1-19-9-6-10(8-3-4-11(17)12(18)5-8)14(16(21)22-2)15(19)13(20)7-9/h3-5,9-10,13-15,20H,6-7H2,1-2H3/t9?,10?,13?,14?,15-/m1/s1. The van der Waals surface area contributed by atoms with Crippen molar-refractivity contribution in [3.05, 3.63) is 33.8 Å². The molecule has 1 N–H and O–H groups in total. The lowest BCUT2D eigenvalue weighted by atomic mass is 9.76. The molecule has 2 aliphatic heterocycles. The zero-order valence-corrected chi connectivity index (χ0v) is 14.0. The average Bonchev–Trinajstić information content (AvgIpc) is 2.68. The summed E-state index contributed by atoms with van der Waals surface area (Å²) < 4.78 is 5.01. The van der Waals surface area contributed by atoms with E-state index in [9.17, 15) is 9.90 Å². The molecule has 22 heavy (non-hydrogen) atoms. The molecule has 6 heteroatoms. The smallest absolute Gasteiger partial charge is 0.310 e. The molecule has 0 radical (unpaired) electrons.